The zero-order valence-corrected chi connectivity index (χ0v) is 17.0. The molecule has 0 saturated heterocycles. The van der Waals surface area contributed by atoms with Crippen molar-refractivity contribution in [3.8, 4) is 28.5 Å². The number of aromatic nitrogens is 2. The highest BCUT2D eigenvalue weighted by atomic mass is 16.5. The summed E-state index contributed by atoms with van der Waals surface area (Å²) >= 11 is 0. The molecule has 2 aromatic carbocycles. The molecule has 0 bridgehead atoms. The Bertz CT molecular complexity index is 1050. The molecule has 0 aliphatic heterocycles. The maximum Gasteiger partial charge on any atom is 0.254 e. The van der Waals surface area contributed by atoms with Crippen molar-refractivity contribution in [1.82, 2.24) is 9.55 Å². The van der Waals surface area contributed by atoms with Crippen molar-refractivity contribution in [3.63, 3.8) is 0 Å². The summed E-state index contributed by atoms with van der Waals surface area (Å²) < 4.78 is 17.0. The van der Waals surface area contributed by atoms with E-state index in [9.17, 15) is 9.59 Å². The highest BCUT2D eigenvalue weighted by Gasteiger charge is 2.10. The van der Waals surface area contributed by atoms with Gasteiger partial charge in [-0.25, -0.2) is 4.98 Å². The number of methoxy groups -OCH3 is 2. The SMILES string of the molecule is CCOc1ccc(-c2cc(=O)n(CC(=O)Nc3cc(OC)cc(OC)c3)cn2)cc1. The Morgan fingerprint density at radius 3 is 2.23 bits per heavy atom. The van der Waals surface area contributed by atoms with E-state index in [1.165, 1.54) is 31.2 Å². The van der Waals surface area contributed by atoms with Gasteiger partial charge in [0.15, 0.2) is 0 Å². The van der Waals surface area contributed by atoms with Gasteiger partial charge in [-0.15, -0.1) is 0 Å². The largest absolute Gasteiger partial charge is 0.497 e. The molecule has 0 unspecified atom stereocenters. The van der Waals surface area contributed by atoms with E-state index >= 15 is 0 Å². The van der Waals surface area contributed by atoms with Gasteiger partial charge >= 0.3 is 0 Å². The van der Waals surface area contributed by atoms with Crippen LogP contribution in [-0.4, -0.2) is 36.3 Å². The van der Waals surface area contributed by atoms with Gasteiger partial charge in [0.2, 0.25) is 5.91 Å². The molecule has 0 saturated carbocycles. The molecule has 1 aromatic heterocycles. The van der Waals surface area contributed by atoms with Crippen LogP contribution in [0.3, 0.4) is 0 Å². The number of amides is 1. The Morgan fingerprint density at radius 1 is 1.00 bits per heavy atom. The van der Waals surface area contributed by atoms with E-state index in [1.807, 2.05) is 31.2 Å². The van der Waals surface area contributed by atoms with Gasteiger partial charge in [-0.3, -0.25) is 14.2 Å². The lowest BCUT2D eigenvalue weighted by Crippen LogP contribution is -2.27. The van der Waals surface area contributed by atoms with Crippen LogP contribution in [0.4, 0.5) is 5.69 Å². The van der Waals surface area contributed by atoms with Gasteiger partial charge in [-0.05, 0) is 31.2 Å². The van der Waals surface area contributed by atoms with Crippen LogP contribution in [0.15, 0.2) is 59.7 Å². The third-order valence-electron chi connectivity index (χ3n) is 4.29. The molecule has 1 amide bonds. The molecular formula is C22H23N3O5. The predicted molar refractivity (Wildman–Crippen MR) is 113 cm³/mol. The summed E-state index contributed by atoms with van der Waals surface area (Å²) in [5.74, 6) is 1.47. The van der Waals surface area contributed by atoms with Gasteiger partial charge in [0.05, 0.1) is 32.8 Å². The lowest BCUT2D eigenvalue weighted by molar-refractivity contribution is -0.116. The fourth-order valence-corrected chi connectivity index (χ4v) is 2.83. The monoisotopic (exact) mass is 409 g/mol. The van der Waals surface area contributed by atoms with E-state index in [2.05, 4.69) is 10.3 Å². The van der Waals surface area contributed by atoms with Crippen molar-refractivity contribution in [2.24, 2.45) is 0 Å². The lowest BCUT2D eigenvalue weighted by Gasteiger charge is -2.11. The minimum Gasteiger partial charge on any atom is -0.497 e. The van der Waals surface area contributed by atoms with Crippen molar-refractivity contribution in [2.75, 3.05) is 26.1 Å². The van der Waals surface area contributed by atoms with Crippen LogP contribution >= 0.6 is 0 Å². The number of nitrogens with one attached hydrogen (secondary N) is 1. The second kappa shape index (κ2) is 9.60. The average Bonchev–Trinajstić information content (AvgIpc) is 2.75. The van der Waals surface area contributed by atoms with E-state index in [1.54, 1.807) is 18.2 Å². The Kier molecular flexibility index (Phi) is 6.69. The Balaban J connectivity index is 1.71. The molecule has 8 nitrogen and oxygen atoms in total. The zero-order valence-electron chi connectivity index (χ0n) is 17.0. The Hall–Kier alpha value is -3.81. The molecule has 0 spiro atoms. The zero-order chi connectivity index (χ0) is 21.5. The molecule has 3 rings (SSSR count). The fourth-order valence-electron chi connectivity index (χ4n) is 2.83. The van der Waals surface area contributed by atoms with E-state index < -0.39 is 0 Å². The van der Waals surface area contributed by atoms with Crippen LogP contribution in [0.1, 0.15) is 6.92 Å². The van der Waals surface area contributed by atoms with Crippen LogP contribution in [-0.2, 0) is 11.3 Å². The minimum atomic E-state index is -0.372. The topological polar surface area (TPSA) is 91.7 Å². The van der Waals surface area contributed by atoms with Gasteiger partial charge in [0.25, 0.3) is 5.56 Å². The van der Waals surface area contributed by atoms with Crippen LogP contribution in [0, 0.1) is 0 Å². The summed E-state index contributed by atoms with van der Waals surface area (Å²) in [6.45, 7) is 2.32. The van der Waals surface area contributed by atoms with Crippen LogP contribution in [0.25, 0.3) is 11.3 Å². The van der Waals surface area contributed by atoms with Gasteiger partial charge in [0, 0.05) is 35.5 Å². The molecule has 1 heterocycles. The summed E-state index contributed by atoms with van der Waals surface area (Å²) in [5, 5.41) is 2.73. The third-order valence-corrected chi connectivity index (χ3v) is 4.29. The highest BCUT2D eigenvalue weighted by Crippen LogP contribution is 2.25. The Morgan fingerprint density at radius 2 is 1.67 bits per heavy atom. The van der Waals surface area contributed by atoms with Crippen molar-refractivity contribution in [1.29, 1.82) is 0 Å². The quantitative estimate of drug-likeness (QED) is 0.615. The molecule has 0 radical (unpaired) electrons. The van der Waals surface area contributed by atoms with Crippen molar-refractivity contribution < 1.29 is 19.0 Å². The number of hydrogen-bond acceptors (Lipinski definition) is 6. The molecule has 1 N–H and O–H groups in total. The molecule has 3 aromatic rings. The van der Waals surface area contributed by atoms with E-state index in [0.717, 1.165) is 11.3 Å². The first kappa shape index (κ1) is 20.9. The third kappa shape index (κ3) is 5.16. The number of carbonyl (C=O) groups excluding carboxylic acids is 1. The second-order valence-corrected chi connectivity index (χ2v) is 6.35. The molecule has 156 valence electrons. The number of rotatable bonds is 8. The van der Waals surface area contributed by atoms with Gasteiger partial charge in [-0.1, -0.05) is 0 Å². The fraction of sp³-hybridized carbons (Fsp3) is 0.227. The lowest BCUT2D eigenvalue weighted by atomic mass is 10.1. The minimum absolute atomic E-state index is 0.172. The van der Waals surface area contributed by atoms with E-state index in [0.29, 0.717) is 29.5 Å². The van der Waals surface area contributed by atoms with E-state index in [-0.39, 0.29) is 18.0 Å². The van der Waals surface area contributed by atoms with Crippen LogP contribution < -0.4 is 25.1 Å². The number of hydrogen-bond donors (Lipinski definition) is 1. The molecule has 0 aliphatic carbocycles. The number of nitrogens with zero attached hydrogens (tertiary/aromatic N) is 2. The average molecular weight is 409 g/mol. The number of benzene rings is 2. The molecular weight excluding hydrogens is 386 g/mol. The predicted octanol–water partition coefficient (Wildman–Crippen LogP) is 2.96. The number of ether oxygens (including phenoxy) is 3. The maximum atomic E-state index is 12.4. The first-order valence-electron chi connectivity index (χ1n) is 9.35. The number of anilines is 1. The van der Waals surface area contributed by atoms with Crippen molar-refractivity contribution in [2.45, 2.75) is 13.5 Å². The highest BCUT2D eigenvalue weighted by molar-refractivity contribution is 5.91. The summed E-state index contributed by atoms with van der Waals surface area (Å²) in [6.07, 6.45) is 1.36. The second-order valence-electron chi connectivity index (χ2n) is 6.35. The van der Waals surface area contributed by atoms with Gasteiger partial charge < -0.3 is 19.5 Å². The molecule has 0 aliphatic rings. The standard InChI is InChI=1S/C22H23N3O5/c1-4-30-17-7-5-15(6-8-17)20-12-22(27)25(14-23-20)13-21(26)24-16-9-18(28-2)11-19(10-16)29-3/h5-12,14H,4,13H2,1-3H3,(H,24,26). The first-order chi connectivity index (χ1) is 14.5. The smallest absolute Gasteiger partial charge is 0.254 e. The van der Waals surface area contributed by atoms with Crippen molar-refractivity contribution >= 4 is 11.6 Å². The van der Waals surface area contributed by atoms with E-state index in [4.69, 9.17) is 14.2 Å². The summed E-state index contributed by atoms with van der Waals surface area (Å²) in [4.78, 5) is 29.1. The Labute approximate surface area is 174 Å². The molecule has 30 heavy (non-hydrogen) atoms. The van der Waals surface area contributed by atoms with Gasteiger partial charge in [0.1, 0.15) is 23.8 Å². The summed E-state index contributed by atoms with van der Waals surface area (Å²) in [7, 11) is 3.05. The van der Waals surface area contributed by atoms with Crippen LogP contribution in [0.5, 0.6) is 17.2 Å². The molecule has 0 atom stereocenters. The first-order valence-corrected chi connectivity index (χ1v) is 9.35. The molecule has 0 fully saturated rings. The van der Waals surface area contributed by atoms with Crippen molar-refractivity contribution in [3.05, 3.63) is 65.2 Å². The summed E-state index contributed by atoms with van der Waals surface area (Å²) in [6, 6.07) is 13.7. The summed E-state index contributed by atoms with van der Waals surface area (Å²) in [5.41, 5.74) is 1.49. The normalized spacial score (nSPS) is 10.4. The van der Waals surface area contributed by atoms with Crippen LogP contribution in [0.2, 0.25) is 0 Å². The molecule has 8 heteroatoms. The number of carbonyl (C=O) groups is 1. The van der Waals surface area contributed by atoms with Gasteiger partial charge in [-0.2, -0.15) is 0 Å². The maximum absolute atomic E-state index is 12.4.